The van der Waals surface area contributed by atoms with Crippen LogP contribution in [-0.2, 0) is 27.9 Å². The first-order valence-corrected chi connectivity index (χ1v) is 10.1. The van der Waals surface area contributed by atoms with Crippen molar-refractivity contribution in [1.82, 2.24) is 18.9 Å². The summed E-state index contributed by atoms with van der Waals surface area (Å²) >= 11 is 0. The minimum atomic E-state index is -4.76. The van der Waals surface area contributed by atoms with Gasteiger partial charge in [0.05, 0.1) is 16.9 Å². The van der Waals surface area contributed by atoms with E-state index in [1.54, 1.807) is 0 Å². The van der Waals surface area contributed by atoms with Gasteiger partial charge in [-0.1, -0.05) is 12.1 Å². The summed E-state index contributed by atoms with van der Waals surface area (Å²) in [6.45, 7) is 1.43. The molecule has 0 bridgehead atoms. The third-order valence-electron chi connectivity index (χ3n) is 4.28. The average molecular weight is 443 g/mol. The van der Waals surface area contributed by atoms with Crippen molar-refractivity contribution in [2.45, 2.75) is 18.0 Å². The molecule has 0 amide bonds. The molecule has 0 saturated carbocycles. The van der Waals surface area contributed by atoms with Gasteiger partial charge in [-0.05, 0) is 6.07 Å². The molecule has 0 unspecified atom stereocenters. The maximum absolute atomic E-state index is 13.2. The van der Waals surface area contributed by atoms with Crippen molar-refractivity contribution in [2.24, 2.45) is 12.2 Å². The minimum absolute atomic E-state index is 0.0614. The molecule has 3 rings (SSSR count). The van der Waals surface area contributed by atoms with Gasteiger partial charge in [0.1, 0.15) is 29.8 Å². The van der Waals surface area contributed by atoms with Crippen molar-refractivity contribution in [3.05, 3.63) is 46.3 Å². The molecule has 0 aliphatic heterocycles. The van der Waals surface area contributed by atoms with E-state index in [0.29, 0.717) is 16.2 Å². The molecule has 0 aromatic carbocycles. The van der Waals surface area contributed by atoms with Gasteiger partial charge >= 0.3 is 11.9 Å². The molecule has 0 saturated heterocycles. The van der Waals surface area contributed by atoms with Crippen LogP contribution in [0.15, 0.2) is 39.4 Å². The third kappa shape index (κ3) is 3.79. The molecule has 0 radical (unpaired) electrons. The number of nitrogens with zero attached hydrogens (tertiary/aromatic N) is 5. The third-order valence-corrected chi connectivity index (χ3v) is 6.02. The van der Waals surface area contributed by atoms with E-state index < -0.39 is 27.4 Å². The number of alkyl halides is 3. The van der Waals surface area contributed by atoms with E-state index in [0.717, 1.165) is 17.6 Å². The van der Waals surface area contributed by atoms with Gasteiger partial charge in [-0.3, -0.25) is 14.0 Å². The van der Waals surface area contributed by atoms with Crippen LogP contribution in [0.4, 0.5) is 13.2 Å². The van der Waals surface area contributed by atoms with Gasteiger partial charge in [0, 0.05) is 31.1 Å². The molecule has 30 heavy (non-hydrogen) atoms. The van der Waals surface area contributed by atoms with Crippen LogP contribution >= 0.6 is 0 Å². The van der Waals surface area contributed by atoms with E-state index in [-0.39, 0.29) is 27.7 Å². The van der Waals surface area contributed by atoms with Crippen LogP contribution in [0.25, 0.3) is 17.0 Å². The molecular formula is C17H16F3N5O4S. The number of imidazole rings is 1. The number of pyridine rings is 1. The summed E-state index contributed by atoms with van der Waals surface area (Å²) in [6.07, 6.45) is -1.06. The van der Waals surface area contributed by atoms with Gasteiger partial charge in [0.2, 0.25) is 0 Å². The van der Waals surface area contributed by atoms with E-state index in [1.165, 1.54) is 32.5 Å². The second-order valence-corrected chi connectivity index (χ2v) is 8.41. The van der Waals surface area contributed by atoms with Crippen molar-refractivity contribution in [1.29, 1.82) is 0 Å². The number of sulfone groups is 1. The van der Waals surface area contributed by atoms with Crippen molar-refractivity contribution < 1.29 is 26.4 Å². The largest absolute Gasteiger partial charge is 0.431 e. The monoisotopic (exact) mass is 443 g/mol. The Hall–Kier alpha value is -3.22. The average Bonchev–Trinajstić information content (AvgIpc) is 3.12. The Morgan fingerprint density at radius 3 is 2.60 bits per heavy atom. The molecule has 9 nitrogen and oxygen atoms in total. The first-order valence-electron chi connectivity index (χ1n) is 8.45. The quantitative estimate of drug-likeness (QED) is 0.440. The number of hydrogen-bond donors (Lipinski definition) is 0. The molecule has 0 aliphatic carbocycles. The molecular weight excluding hydrogens is 427 g/mol. The zero-order valence-corrected chi connectivity index (χ0v) is 16.8. The fourth-order valence-electron chi connectivity index (χ4n) is 2.75. The Morgan fingerprint density at radius 2 is 2.00 bits per heavy atom. The van der Waals surface area contributed by atoms with Crippen molar-refractivity contribution in [2.75, 3.05) is 12.9 Å². The summed E-state index contributed by atoms with van der Waals surface area (Å²) in [5.41, 5.74) is -2.28. The normalized spacial score (nSPS) is 12.7. The predicted octanol–water partition coefficient (Wildman–Crippen LogP) is 1.89. The Kier molecular flexibility index (Phi) is 5.41. The van der Waals surface area contributed by atoms with Crippen molar-refractivity contribution in [3.8, 4) is 11.4 Å². The molecule has 160 valence electrons. The van der Waals surface area contributed by atoms with Crippen LogP contribution in [0.3, 0.4) is 0 Å². The van der Waals surface area contributed by atoms with Gasteiger partial charge in [-0.15, -0.1) is 0 Å². The second kappa shape index (κ2) is 7.55. The lowest BCUT2D eigenvalue weighted by molar-refractivity contribution is -0.143. The molecule has 0 spiro atoms. The van der Waals surface area contributed by atoms with Crippen LogP contribution in [0.2, 0.25) is 0 Å². The van der Waals surface area contributed by atoms with Crippen molar-refractivity contribution >= 4 is 21.7 Å². The molecule has 3 aromatic heterocycles. The van der Waals surface area contributed by atoms with E-state index >= 15 is 0 Å². The summed E-state index contributed by atoms with van der Waals surface area (Å²) in [5, 5.41) is 3.55. The minimum Gasteiger partial charge on any atom is -0.399 e. The molecule has 3 heterocycles. The summed E-state index contributed by atoms with van der Waals surface area (Å²) in [7, 11) is -1.49. The van der Waals surface area contributed by atoms with Crippen LogP contribution in [0.5, 0.6) is 0 Å². The van der Waals surface area contributed by atoms with Gasteiger partial charge in [0.15, 0.2) is 9.84 Å². The van der Waals surface area contributed by atoms with Gasteiger partial charge in [0.25, 0.3) is 0 Å². The standard InChI is InChI=1S/C17H16F3N5O4S/c1-4-30(27,28)12-5-10(8-22-29-3)7-21-15(12)11-9-25-14(23-11)6-13(17(18,19)20)24(2)16(25)26/h5-9H,4H2,1-3H3/b22-8+. The van der Waals surface area contributed by atoms with Crippen LogP contribution in [0.1, 0.15) is 18.2 Å². The molecule has 13 heteroatoms. The first kappa shape index (κ1) is 21.5. The molecule has 0 atom stereocenters. The van der Waals surface area contributed by atoms with Crippen LogP contribution < -0.4 is 5.69 Å². The van der Waals surface area contributed by atoms with E-state index in [9.17, 15) is 26.4 Å². The Morgan fingerprint density at radius 1 is 1.30 bits per heavy atom. The Balaban J connectivity index is 2.29. The van der Waals surface area contributed by atoms with Crippen molar-refractivity contribution in [3.63, 3.8) is 0 Å². The summed E-state index contributed by atoms with van der Waals surface area (Å²) in [5.74, 6) is -0.250. The maximum atomic E-state index is 13.2. The van der Waals surface area contributed by atoms with Crippen LogP contribution in [-0.4, -0.2) is 46.4 Å². The molecule has 0 fully saturated rings. The SMILES string of the molecule is CCS(=O)(=O)c1cc(/C=N/OC)cnc1-c1cn2c(=O)n(C)c(C(F)(F)F)cc2n1. The Bertz CT molecular complexity index is 1310. The lowest BCUT2D eigenvalue weighted by Gasteiger charge is -2.11. The second-order valence-electron chi connectivity index (χ2n) is 6.16. The number of oxime groups is 1. The summed E-state index contributed by atoms with van der Waals surface area (Å²) < 4.78 is 66.1. The maximum Gasteiger partial charge on any atom is 0.431 e. The molecule has 0 aliphatic rings. The fraction of sp³-hybridized carbons (Fsp3) is 0.294. The zero-order valence-electron chi connectivity index (χ0n) is 16.0. The fourth-order valence-corrected chi connectivity index (χ4v) is 3.83. The summed E-state index contributed by atoms with van der Waals surface area (Å²) in [6, 6.07) is 2.01. The molecule has 3 aromatic rings. The van der Waals surface area contributed by atoms with E-state index in [2.05, 4.69) is 20.0 Å². The summed E-state index contributed by atoms with van der Waals surface area (Å²) in [4.78, 5) is 24.9. The van der Waals surface area contributed by atoms with Gasteiger partial charge < -0.3 is 4.84 Å². The number of rotatable bonds is 5. The molecule has 0 N–H and O–H groups in total. The smallest absolute Gasteiger partial charge is 0.399 e. The predicted molar refractivity (Wildman–Crippen MR) is 101 cm³/mol. The highest BCUT2D eigenvalue weighted by Crippen LogP contribution is 2.30. The Labute approximate surface area is 168 Å². The number of aromatic nitrogens is 4. The van der Waals surface area contributed by atoms with Gasteiger partial charge in [-0.25, -0.2) is 18.2 Å². The van der Waals surface area contributed by atoms with Crippen LogP contribution in [0, 0.1) is 0 Å². The van der Waals surface area contributed by atoms with E-state index in [4.69, 9.17) is 0 Å². The highest BCUT2D eigenvalue weighted by Gasteiger charge is 2.35. The highest BCUT2D eigenvalue weighted by molar-refractivity contribution is 7.91. The van der Waals surface area contributed by atoms with E-state index in [1.807, 2.05) is 0 Å². The lowest BCUT2D eigenvalue weighted by atomic mass is 10.2. The number of halogens is 3. The number of hydrogen-bond acceptors (Lipinski definition) is 7. The topological polar surface area (TPSA) is 108 Å². The van der Waals surface area contributed by atoms with Gasteiger partial charge in [-0.2, -0.15) is 13.2 Å². The number of fused-ring (bicyclic) bond motifs is 1. The zero-order chi connectivity index (χ0) is 22.3. The lowest BCUT2D eigenvalue weighted by Crippen LogP contribution is -2.29. The highest BCUT2D eigenvalue weighted by atomic mass is 32.2. The first-order chi connectivity index (χ1) is 14.0.